The molecule has 0 saturated carbocycles. The van der Waals surface area contributed by atoms with Crippen molar-refractivity contribution in [2.24, 2.45) is 0 Å². The highest BCUT2D eigenvalue weighted by Gasteiger charge is 2.14. The highest BCUT2D eigenvalue weighted by molar-refractivity contribution is 6.31. The lowest BCUT2D eigenvalue weighted by Gasteiger charge is -2.10. The fourth-order valence-electron chi connectivity index (χ4n) is 4.13. The summed E-state index contributed by atoms with van der Waals surface area (Å²) in [5, 5.41) is 9.48. The fourth-order valence-corrected chi connectivity index (χ4v) is 4.29. The van der Waals surface area contributed by atoms with E-state index < -0.39 is 0 Å². The highest BCUT2D eigenvalue weighted by atomic mass is 35.5. The molecule has 6 rings (SSSR count). The smallest absolute Gasteiger partial charge is 0.248 e. The Labute approximate surface area is 209 Å². The molecule has 4 heterocycles. The van der Waals surface area contributed by atoms with Gasteiger partial charge in [-0.3, -0.25) is 4.79 Å². The molecule has 0 amide bonds. The van der Waals surface area contributed by atoms with E-state index in [1.54, 1.807) is 30.6 Å². The molecule has 0 aliphatic heterocycles. The van der Waals surface area contributed by atoms with Gasteiger partial charge in [-0.05, 0) is 41.3 Å². The van der Waals surface area contributed by atoms with E-state index in [2.05, 4.69) is 54.6 Å². The monoisotopic (exact) mass is 497 g/mol. The molecular formula is C26H20ClN7O2. The summed E-state index contributed by atoms with van der Waals surface area (Å²) in [6.07, 6.45) is 5.58. The zero-order valence-electron chi connectivity index (χ0n) is 19.0. The lowest BCUT2D eigenvalue weighted by molar-refractivity contribution is 0.539. The molecule has 2 aromatic carbocycles. The van der Waals surface area contributed by atoms with Gasteiger partial charge in [0.25, 0.3) is 0 Å². The number of oxazole rings is 1. The molecule has 0 atom stereocenters. The maximum Gasteiger partial charge on any atom is 0.248 e. The Morgan fingerprint density at radius 2 is 1.89 bits per heavy atom. The molecule has 2 N–H and O–H groups in total. The molecule has 0 radical (unpaired) electrons. The van der Waals surface area contributed by atoms with E-state index in [0.717, 1.165) is 33.4 Å². The van der Waals surface area contributed by atoms with Gasteiger partial charge in [0.05, 0.1) is 18.5 Å². The lowest BCUT2D eigenvalue weighted by atomic mass is 10.0. The average Bonchev–Trinajstić information content (AvgIpc) is 3.44. The van der Waals surface area contributed by atoms with Gasteiger partial charge < -0.3 is 14.7 Å². The number of hydrogen-bond donors (Lipinski definition) is 2. The van der Waals surface area contributed by atoms with Crippen molar-refractivity contribution < 1.29 is 4.42 Å². The standard InChI is InChI=1S/C26H20ClN7O2/c27-19-5-6-21-22(11-19)36-24(32-21)13-30-26-20-12-28-15-31-25(20)33-34(26)14-17-3-1-16(2-4-17)9-18-7-8-29-23(35)10-18/h1-8,10-12,15,30H,9,13-14H2,(H,29,35). The van der Waals surface area contributed by atoms with Crippen LogP contribution in [0.4, 0.5) is 5.82 Å². The summed E-state index contributed by atoms with van der Waals surface area (Å²) < 4.78 is 7.71. The summed E-state index contributed by atoms with van der Waals surface area (Å²) in [5.41, 5.74) is 5.05. The van der Waals surface area contributed by atoms with E-state index >= 15 is 0 Å². The second-order valence-electron chi connectivity index (χ2n) is 8.39. The second-order valence-corrected chi connectivity index (χ2v) is 8.83. The Bertz CT molecular complexity index is 1740. The first-order valence-corrected chi connectivity index (χ1v) is 11.7. The predicted molar refractivity (Wildman–Crippen MR) is 137 cm³/mol. The average molecular weight is 498 g/mol. The van der Waals surface area contributed by atoms with E-state index in [-0.39, 0.29) is 5.56 Å². The SMILES string of the molecule is O=c1cc(Cc2ccc(Cn3nc4ncncc4c3NCc3nc4ccc(Cl)cc4o3)cc2)cc[nH]1. The number of aromatic nitrogens is 6. The van der Waals surface area contributed by atoms with Crippen LogP contribution in [0.3, 0.4) is 0 Å². The quantitative estimate of drug-likeness (QED) is 0.332. The van der Waals surface area contributed by atoms with Crippen LogP contribution in [0.15, 0.2) is 82.5 Å². The van der Waals surface area contributed by atoms with E-state index in [0.29, 0.717) is 41.7 Å². The topological polar surface area (TPSA) is 115 Å². The minimum absolute atomic E-state index is 0.0976. The number of nitrogens with one attached hydrogen (secondary N) is 2. The molecule has 0 aliphatic rings. The summed E-state index contributed by atoms with van der Waals surface area (Å²) >= 11 is 6.06. The summed E-state index contributed by atoms with van der Waals surface area (Å²) in [6, 6.07) is 17.2. The Hall–Kier alpha value is -4.50. The zero-order chi connectivity index (χ0) is 24.5. The molecule has 4 aromatic heterocycles. The van der Waals surface area contributed by atoms with Crippen molar-refractivity contribution in [3.8, 4) is 0 Å². The third kappa shape index (κ3) is 4.56. The number of halogens is 1. The molecule has 178 valence electrons. The molecule has 0 spiro atoms. The summed E-state index contributed by atoms with van der Waals surface area (Å²) in [5.74, 6) is 1.31. The molecule has 36 heavy (non-hydrogen) atoms. The Balaban J connectivity index is 1.23. The number of nitrogens with zero attached hydrogens (tertiary/aromatic N) is 5. The van der Waals surface area contributed by atoms with Crippen LogP contribution < -0.4 is 10.9 Å². The largest absolute Gasteiger partial charge is 0.439 e. The van der Waals surface area contributed by atoms with Crippen LogP contribution in [0.5, 0.6) is 0 Å². The molecule has 0 bridgehead atoms. The third-order valence-corrected chi connectivity index (χ3v) is 6.06. The van der Waals surface area contributed by atoms with Gasteiger partial charge in [0, 0.05) is 29.5 Å². The van der Waals surface area contributed by atoms with Crippen LogP contribution in [-0.4, -0.2) is 29.7 Å². The fraction of sp³-hybridized carbons (Fsp3) is 0.115. The Morgan fingerprint density at radius 1 is 1.03 bits per heavy atom. The number of anilines is 1. The van der Waals surface area contributed by atoms with E-state index in [1.807, 2.05) is 16.8 Å². The van der Waals surface area contributed by atoms with Gasteiger partial charge in [0.2, 0.25) is 11.4 Å². The van der Waals surface area contributed by atoms with Crippen molar-refractivity contribution in [3.63, 3.8) is 0 Å². The van der Waals surface area contributed by atoms with Crippen LogP contribution >= 0.6 is 11.6 Å². The molecule has 0 fully saturated rings. The first-order chi connectivity index (χ1) is 17.6. The van der Waals surface area contributed by atoms with Gasteiger partial charge in [0.15, 0.2) is 11.2 Å². The van der Waals surface area contributed by atoms with Crippen molar-refractivity contribution in [2.75, 3.05) is 5.32 Å². The van der Waals surface area contributed by atoms with Gasteiger partial charge in [-0.15, -0.1) is 5.10 Å². The highest BCUT2D eigenvalue weighted by Crippen LogP contribution is 2.25. The summed E-state index contributed by atoms with van der Waals surface area (Å²) in [6.45, 7) is 0.893. The van der Waals surface area contributed by atoms with Crippen LogP contribution in [0.25, 0.3) is 22.1 Å². The van der Waals surface area contributed by atoms with Crippen molar-refractivity contribution in [2.45, 2.75) is 19.5 Å². The number of H-pyrrole nitrogens is 1. The van der Waals surface area contributed by atoms with E-state index in [4.69, 9.17) is 16.0 Å². The van der Waals surface area contributed by atoms with Gasteiger partial charge in [-0.1, -0.05) is 35.9 Å². The molecule has 9 nitrogen and oxygen atoms in total. The number of pyridine rings is 1. The van der Waals surface area contributed by atoms with Crippen molar-refractivity contribution in [1.29, 1.82) is 0 Å². The molecule has 0 unspecified atom stereocenters. The zero-order valence-corrected chi connectivity index (χ0v) is 19.7. The Kier molecular flexibility index (Phi) is 5.67. The van der Waals surface area contributed by atoms with Gasteiger partial charge in [-0.2, -0.15) is 0 Å². The Morgan fingerprint density at radius 3 is 2.75 bits per heavy atom. The second kappa shape index (κ2) is 9.27. The summed E-state index contributed by atoms with van der Waals surface area (Å²) in [4.78, 5) is 27.2. The van der Waals surface area contributed by atoms with Crippen molar-refractivity contribution in [3.05, 3.63) is 111 Å². The van der Waals surface area contributed by atoms with Crippen molar-refractivity contribution in [1.82, 2.24) is 29.7 Å². The van der Waals surface area contributed by atoms with E-state index in [1.165, 1.54) is 6.33 Å². The molecule has 0 aliphatic carbocycles. The van der Waals surface area contributed by atoms with Crippen LogP contribution in [0.2, 0.25) is 5.02 Å². The minimum Gasteiger partial charge on any atom is -0.439 e. The number of benzene rings is 2. The number of hydrogen-bond acceptors (Lipinski definition) is 7. The predicted octanol–water partition coefficient (Wildman–Crippen LogP) is 4.56. The van der Waals surface area contributed by atoms with Crippen LogP contribution in [-0.2, 0) is 19.5 Å². The number of fused-ring (bicyclic) bond motifs is 2. The van der Waals surface area contributed by atoms with Gasteiger partial charge >= 0.3 is 0 Å². The maximum atomic E-state index is 11.6. The van der Waals surface area contributed by atoms with Crippen molar-refractivity contribution >= 4 is 39.6 Å². The molecule has 0 saturated heterocycles. The number of rotatable bonds is 7. The lowest BCUT2D eigenvalue weighted by Crippen LogP contribution is -2.09. The maximum absolute atomic E-state index is 11.6. The summed E-state index contributed by atoms with van der Waals surface area (Å²) in [7, 11) is 0. The molecule has 6 aromatic rings. The normalized spacial score (nSPS) is 11.4. The van der Waals surface area contributed by atoms with Gasteiger partial charge in [0.1, 0.15) is 17.7 Å². The number of aromatic amines is 1. The van der Waals surface area contributed by atoms with Crippen LogP contribution in [0.1, 0.15) is 22.6 Å². The van der Waals surface area contributed by atoms with Crippen LogP contribution in [0, 0.1) is 0 Å². The third-order valence-electron chi connectivity index (χ3n) is 5.82. The molecular weight excluding hydrogens is 478 g/mol. The van der Waals surface area contributed by atoms with E-state index in [9.17, 15) is 4.79 Å². The first kappa shape index (κ1) is 22.0. The minimum atomic E-state index is -0.0976. The molecule has 10 heteroatoms. The van der Waals surface area contributed by atoms with Gasteiger partial charge in [-0.25, -0.2) is 19.6 Å². The first-order valence-electron chi connectivity index (χ1n) is 11.3.